The van der Waals surface area contributed by atoms with Crippen LogP contribution in [0.2, 0.25) is 0 Å². The average molecular weight is 283 g/mol. The van der Waals surface area contributed by atoms with Crippen molar-refractivity contribution in [3.05, 3.63) is 58.9 Å². The summed E-state index contributed by atoms with van der Waals surface area (Å²) in [5.41, 5.74) is 3.05. The summed E-state index contributed by atoms with van der Waals surface area (Å²) in [4.78, 5) is 4.33. The summed E-state index contributed by atoms with van der Waals surface area (Å²) in [6.45, 7) is 1.78. The lowest BCUT2D eigenvalue weighted by molar-refractivity contribution is 0.0937. The lowest BCUT2D eigenvalue weighted by Crippen LogP contribution is -2.25. The molecule has 1 heterocycles. The molecule has 1 unspecified atom stereocenters. The number of benzene rings is 1. The molecule has 0 bridgehead atoms. The Labute approximate surface area is 125 Å². The number of fused-ring (bicyclic) bond motifs is 1. The van der Waals surface area contributed by atoms with Crippen molar-refractivity contribution in [1.82, 2.24) is 4.98 Å². The van der Waals surface area contributed by atoms with Gasteiger partial charge in [-0.05, 0) is 61.4 Å². The first-order valence-corrected chi connectivity index (χ1v) is 7.47. The minimum absolute atomic E-state index is 0.559. The van der Waals surface area contributed by atoms with Crippen LogP contribution in [-0.4, -0.2) is 17.2 Å². The predicted molar refractivity (Wildman–Crippen MR) is 82.5 cm³/mol. The fourth-order valence-corrected chi connectivity index (χ4v) is 3.09. The van der Waals surface area contributed by atoms with Gasteiger partial charge in [-0.1, -0.05) is 18.2 Å². The Hall–Kier alpha value is -1.87. The number of rotatable bonds is 3. The molecule has 1 aromatic heterocycles. The van der Waals surface area contributed by atoms with Crippen molar-refractivity contribution < 1.29 is 9.84 Å². The van der Waals surface area contributed by atoms with Gasteiger partial charge in [0.05, 0.1) is 7.11 Å². The number of hydrogen-bond acceptors (Lipinski definition) is 3. The summed E-state index contributed by atoms with van der Waals surface area (Å²) in [7, 11) is 1.60. The van der Waals surface area contributed by atoms with Crippen molar-refractivity contribution >= 4 is 0 Å². The van der Waals surface area contributed by atoms with E-state index in [0.717, 1.165) is 18.4 Å². The summed E-state index contributed by atoms with van der Waals surface area (Å²) < 4.78 is 5.34. The number of aromatic nitrogens is 1. The first-order valence-electron chi connectivity index (χ1n) is 7.47. The summed E-state index contributed by atoms with van der Waals surface area (Å²) in [6, 6.07) is 9.93. The largest absolute Gasteiger partial charge is 0.495 e. The second-order valence-corrected chi connectivity index (χ2v) is 5.82. The van der Waals surface area contributed by atoms with E-state index in [2.05, 4.69) is 17.1 Å². The molecule has 0 aliphatic heterocycles. The van der Waals surface area contributed by atoms with Crippen LogP contribution in [0.3, 0.4) is 0 Å². The molecule has 0 saturated carbocycles. The lowest BCUT2D eigenvalue weighted by Gasteiger charge is -2.27. The van der Waals surface area contributed by atoms with Crippen LogP contribution in [0.1, 0.15) is 42.1 Å². The number of ether oxygens (including phenoxy) is 1. The number of aryl methyl sites for hydroxylation is 2. The molecule has 3 nitrogen and oxygen atoms in total. The Bertz CT molecular complexity index is 649. The molecule has 3 heteroatoms. The molecule has 1 atom stereocenters. The van der Waals surface area contributed by atoms with Crippen molar-refractivity contribution in [3.8, 4) is 5.75 Å². The quantitative estimate of drug-likeness (QED) is 0.940. The normalized spacial score (nSPS) is 16.9. The molecule has 1 aliphatic carbocycles. The Kier molecular flexibility index (Phi) is 3.68. The molecule has 1 N–H and O–H groups in total. The highest BCUT2D eigenvalue weighted by atomic mass is 16.5. The predicted octanol–water partition coefficient (Wildman–Crippen LogP) is 3.22. The monoisotopic (exact) mass is 283 g/mol. The summed E-state index contributed by atoms with van der Waals surface area (Å²) in [6.07, 6.45) is 6.41. The zero-order chi connectivity index (χ0) is 14.9. The van der Waals surface area contributed by atoms with Crippen molar-refractivity contribution in [3.63, 3.8) is 0 Å². The SMILES string of the molecule is COc1cccnc1C(C)(O)c1ccc2c(c1)CCCC2. The van der Waals surface area contributed by atoms with Crippen LogP contribution < -0.4 is 4.74 Å². The van der Waals surface area contributed by atoms with Gasteiger partial charge in [-0.2, -0.15) is 0 Å². The van der Waals surface area contributed by atoms with Crippen molar-refractivity contribution in [2.45, 2.75) is 38.2 Å². The number of methoxy groups -OCH3 is 1. The van der Waals surface area contributed by atoms with E-state index >= 15 is 0 Å². The third-order valence-corrected chi connectivity index (χ3v) is 4.36. The van der Waals surface area contributed by atoms with Gasteiger partial charge in [-0.25, -0.2) is 0 Å². The Balaban J connectivity index is 2.05. The van der Waals surface area contributed by atoms with Gasteiger partial charge in [0.15, 0.2) is 0 Å². The molecule has 2 aromatic rings. The molecular weight excluding hydrogens is 262 g/mol. The molecule has 1 aliphatic rings. The summed E-state index contributed by atoms with van der Waals surface area (Å²) in [5.74, 6) is 0.611. The van der Waals surface area contributed by atoms with E-state index in [1.54, 1.807) is 20.2 Å². The van der Waals surface area contributed by atoms with Gasteiger partial charge in [0.1, 0.15) is 17.0 Å². The van der Waals surface area contributed by atoms with Gasteiger partial charge in [0.25, 0.3) is 0 Å². The third kappa shape index (κ3) is 2.54. The minimum atomic E-state index is -1.15. The smallest absolute Gasteiger partial charge is 0.143 e. The van der Waals surface area contributed by atoms with E-state index in [9.17, 15) is 5.11 Å². The fourth-order valence-electron chi connectivity index (χ4n) is 3.09. The minimum Gasteiger partial charge on any atom is -0.495 e. The highest BCUT2D eigenvalue weighted by molar-refractivity contribution is 5.43. The van der Waals surface area contributed by atoms with E-state index in [-0.39, 0.29) is 0 Å². The number of nitrogens with zero attached hydrogens (tertiary/aromatic N) is 1. The first-order chi connectivity index (χ1) is 10.1. The number of aliphatic hydroxyl groups is 1. The van der Waals surface area contributed by atoms with Crippen LogP contribution in [0.5, 0.6) is 5.75 Å². The molecule has 0 saturated heterocycles. The van der Waals surface area contributed by atoms with E-state index < -0.39 is 5.60 Å². The maximum Gasteiger partial charge on any atom is 0.143 e. The molecule has 21 heavy (non-hydrogen) atoms. The third-order valence-electron chi connectivity index (χ3n) is 4.36. The van der Waals surface area contributed by atoms with Gasteiger partial charge in [-0.15, -0.1) is 0 Å². The second-order valence-electron chi connectivity index (χ2n) is 5.82. The first kappa shape index (κ1) is 14.1. The molecule has 0 fully saturated rings. The Morgan fingerprint density at radius 2 is 1.90 bits per heavy atom. The van der Waals surface area contributed by atoms with E-state index in [1.165, 1.54) is 24.0 Å². The van der Waals surface area contributed by atoms with Crippen LogP contribution in [0.25, 0.3) is 0 Å². The lowest BCUT2D eigenvalue weighted by atomic mass is 9.85. The molecular formula is C18H21NO2. The van der Waals surface area contributed by atoms with E-state index in [1.807, 2.05) is 18.2 Å². The topological polar surface area (TPSA) is 42.4 Å². The molecule has 3 rings (SSSR count). The van der Waals surface area contributed by atoms with E-state index in [4.69, 9.17) is 4.74 Å². The Morgan fingerprint density at radius 3 is 2.67 bits per heavy atom. The van der Waals surface area contributed by atoms with Gasteiger partial charge < -0.3 is 9.84 Å². The summed E-state index contributed by atoms with van der Waals surface area (Å²) in [5, 5.41) is 11.0. The molecule has 1 aromatic carbocycles. The molecule has 0 amide bonds. The second kappa shape index (κ2) is 5.49. The van der Waals surface area contributed by atoms with Gasteiger partial charge >= 0.3 is 0 Å². The standard InChI is InChI=1S/C18H21NO2/c1-18(20,17-16(21-2)8-5-11-19-17)15-10-9-13-6-3-4-7-14(13)12-15/h5,8-12,20H,3-4,6-7H2,1-2H3. The summed E-state index contributed by atoms with van der Waals surface area (Å²) >= 11 is 0. The zero-order valence-electron chi connectivity index (χ0n) is 12.6. The van der Waals surface area contributed by atoms with Crippen LogP contribution in [0, 0.1) is 0 Å². The highest BCUT2D eigenvalue weighted by Crippen LogP contribution is 2.35. The van der Waals surface area contributed by atoms with Crippen molar-refractivity contribution in [2.75, 3.05) is 7.11 Å². The van der Waals surface area contributed by atoms with Gasteiger partial charge in [-0.3, -0.25) is 4.98 Å². The zero-order valence-corrected chi connectivity index (χ0v) is 12.6. The molecule has 0 spiro atoms. The molecule has 110 valence electrons. The maximum atomic E-state index is 11.0. The number of hydrogen-bond donors (Lipinski definition) is 1. The number of pyridine rings is 1. The van der Waals surface area contributed by atoms with Crippen molar-refractivity contribution in [1.29, 1.82) is 0 Å². The molecule has 0 radical (unpaired) electrons. The fraction of sp³-hybridized carbons (Fsp3) is 0.389. The van der Waals surface area contributed by atoms with Gasteiger partial charge in [0.2, 0.25) is 0 Å². The van der Waals surface area contributed by atoms with Crippen LogP contribution in [-0.2, 0) is 18.4 Å². The van der Waals surface area contributed by atoms with E-state index in [0.29, 0.717) is 11.4 Å². The van der Waals surface area contributed by atoms with Gasteiger partial charge in [0, 0.05) is 6.20 Å². The van der Waals surface area contributed by atoms with Crippen LogP contribution in [0.15, 0.2) is 36.5 Å². The van der Waals surface area contributed by atoms with Crippen molar-refractivity contribution in [2.24, 2.45) is 0 Å². The van der Waals surface area contributed by atoms with Crippen LogP contribution in [0.4, 0.5) is 0 Å². The maximum absolute atomic E-state index is 11.0. The van der Waals surface area contributed by atoms with Crippen LogP contribution >= 0.6 is 0 Å². The average Bonchev–Trinajstić information content (AvgIpc) is 2.54. The Morgan fingerprint density at radius 1 is 1.14 bits per heavy atom. The highest BCUT2D eigenvalue weighted by Gasteiger charge is 2.31.